The third-order valence-corrected chi connectivity index (χ3v) is 7.14. The summed E-state index contributed by atoms with van der Waals surface area (Å²) in [7, 11) is 0. The molecule has 176 valence electrons. The molecule has 2 saturated heterocycles. The fraction of sp³-hybridized carbons (Fsp3) is 0.520. The van der Waals surface area contributed by atoms with Crippen LogP contribution in [0.15, 0.2) is 41.6 Å². The molecule has 3 aliphatic rings. The zero-order valence-corrected chi connectivity index (χ0v) is 19.3. The molecule has 0 aliphatic carbocycles. The van der Waals surface area contributed by atoms with Gasteiger partial charge in [-0.25, -0.2) is 13.9 Å². The number of aromatic nitrogens is 1. The zero-order chi connectivity index (χ0) is 22.8. The maximum absolute atomic E-state index is 15.3. The van der Waals surface area contributed by atoms with Gasteiger partial charge in [0.25, 0.3) is 0 Å². The highest BCUT2D eigenvalue weighted by atomic mass is 19.1. The summed E-state index contributed by atoms with van der Waals surface area (Å²) in [6.45, 7) is 7.02. The average molecular weight is 453 g/mol. The van der Waals surface area contributed by atoms with Gasteiger partial charge in [-0.15, -0.1) is 0 Å². The van der Waals surface area contributed by atoms with Gasteiger partial charge in [-0.1, -0.05) is 24.3 Å². The Balaban J connectivity index is 1.30. The summed E-state index contributed by atoms with van der Waals surface area (Å²) < 4.78 is 17.3. The smallest absolute Gasteiger partial charge is 0.317 e. The highest BCUT2D eigenvalue weighted by Gasteiger charge is 2.34. The van der Waals surface area contributed by atoms with E-state index in [-0.39, 0.29) is 12.1 Å². The number of carbonyl (C=O) groups is 1. The lowest BCUT2D eigenvalue weighted by atomic mass is 9.87. The predicted molar refractivity (Wildman–Crippen MR) is 128 cm³/mol. The van der Waals surface area contributed by atoms with Crippen LogP contribution in [0.2, 0.25) is 0 Å². The molecule has 2 aromatic rings. The lowest BCUT2D eigenvalue weighted by molar-refractivity contribution is 0.106. The summed E-state index contributed by atoms with van der Waals surface area (Å²) in [5.74, 6) is 0. The van der Waals surface area contributed by atoms with E-state index in [1.54, 1.807) is 0 Å². The normalized spacial score (nSPS) is 25.6. The topological polar surface area (TPSA) is 64.9 Å². The summed E-state index contributed by atoms with van der Waals surface area (Å²) in [6.07, 6.45) is 6.33. The van der Waals surface area contributed by atoms with E-state index in [1.807, 2.05) is 47.0 Å². The van der Waals surface area contributed by atoms with Crippen molar-refractivity contribution < 1.29 is 9.18 Å². The van der Waals surface area contributed by atoms with E-state index in [0.29, 0.717) is 19.5 Å². The number of benzene rings is 1. The van der Waals surface area contributed by atoms with Gasteiger partial charge in [-0.2, -0.15) is 5.10 Å². The third kappa shape index (κ3) is 4.42. The first-order chi connectivity index (χ1) is 16.1. The molecule has 0 bridgehead atoms. The van der Waals surface area contributed by atoms with E-state index in [4.69, 9.17) is 0 Å². The highest BCUT2D eigenvalue weighted by Crippen LogP contribution is 2.36. The molecule has 5 rings (SSSR count). The van der Waals surface area contributed by atoms with Crippen LogP contribution < -0.4 is 10.6 Å². The number of nitrogens with zero attached hydrogens (tertiary/aromatic N) is 4. The number of nitrogens with one attached hydrogen (secondary N) is 2. The molecule has 2 fully saturated rings. The number of rotatable bonds is 4. The van der Waals surface area contributed by atoms with Gasteiger partial charge in [0.2, 0.25) is 0 Å². The molecule has 0 radical (unpaired) electrons. The summed E-state index contributed by atoms with van der Waals surface area (Å²) in [4.78, 5) is 16.5. The molecule has 8 heteroatoms. The van der Waals surface area contributed by atoms with E-state index < -0.39 is 5.67 Å². The van der Waals surface area contributed by atoms with E-state index in [1.165, 1.54) is 5.69 Å². The van der Waals surface area contributed by atoms with Gasteiger partial charge >= 0.3 is 6.03 Å². The molecule has 2 atom stereocenters. The first-order valence-electron chi connectivity index (χ1n) is 12.1. The Morgan fingerprint density at radius 1 is 1.21 bits per heavy atom. The Morgan fingerprint density at radius 2 is 2.00 bits per heavy atom. The molecule has 0 spiro atoms. The number of piperazine rings is 1. The van der Waals surface area contributed by atoms with Gasteiger partial charge < -0.3 is 15.5 Å². The van der Waals surface area contributed by atoms with Crippen molar-refractivity contribution in [3.8, 4) is 11.1 Å². The molecule has 2 amide bonds. The van der Waals surface area contributed by atoms with Crippen LogP contribution in [-0.4, -0.2) is 72.5 Å². The minimum absolute atomic E-state index is 0.0236. The molecule has 1 aromatic carbocycles. The Labute approximate surface area is 194 Å². The number of hydrogen-bond acceptors (Lipinski definition) is 4. The second-order valence-electron chi connectivity index (χ2n) is 9.23. The molecule has 7 nitrogen and oxygen atoms in total. The first kappa shape index (κ1) is 22.1. The van der Waals surface area contributed by atoms with Crippen molar-refractivity contribution in [1.82, 2.24) is 25.1 Å². The molecule has 1 unspecified atom stereocenters. The van der Waals surface area contributed by atoms with Crippen LogP contribution in [0, 0.1) is 0 Å². The summed E-state index contributed by atoms with van der Waals surface area (Å²) in [6, 6.07) is 10.4. The van der Waals surface area contributed by atoms with Crippen molar-refractivity contribution in [3.63, 3.8) is 0 Å². The number of fused-ring (bicyclic) bond motifs is 1. The minimum atomic E-state index is -1.28. The summed E-state index contributed by atoms with van der Waals surface area (Å²) >= 11 is 0. The van der Waals surface area contributed by atoms with Crippen LogP contribution in [0.25, 0.3) is 11.1 Å². The average Bonchev–Trinajstić information content (AvgIpc) is 3.29. The molecular weight excluding hydrogens is 419 g/mol. The maximum Gasteiger partial charge on any atom is 0.317 e. The van der Waals surface area contributed by atoms with Crippen LogP contribution in [0.4, 0.5) is 9.18 Å². The number of piperidine rings is 1. The maximum atomic E-state index is 15.3. The fourth-order valence-corrected chi connectivity index (χ4v) is 5.24. The Morgan fingerprint density at radius 3 is 2.70 bits per heavy atom. The summed E-state index contributed by atoms with van der Waals surface area (Å²) in [5.41, 5.74) is 2.81. The number of carbonyl (C=O) groups excluding carboxylic acids is 1. The van der Waals surface area contributed by atoms with Gasteiger partial charge in [0.05, 0.1) is 11.7 Å². The number of urea groups is 1. The Kier molecular flexibility index (Phi) is 6.21. The molecule has 1 aromatic heterocycles. The Hall–Kier alpha value is -2.71. The number of hydrogen-bond donors (Lipinski definition) is 2. The van der Waals surface area contributed by atoms with Crippen molar-refractivity contribution in [2.75, 3.05) is 45.8 Å². The Bertz CT molecular complexity index is 1000. The van der Waals surface area contributed by atoms with E-state index >= 15 is 4.39 Å². The van der Waals surface area contributed by atoms with Gasteiger partial charge in [0.1, 0.15) is 5.67 Å². The lowest BCUT2D eigenvalue weighted by Gasteiger charge is -2.39. The molecule has 4 heterocycles. The van der Waals surface area contributed by atoms with Crippen molar-refractivity contribution in [3.05, 3.63) is 47.8 Å². The van der Waals surface area contributed by atoms with E-state index in [2.05, 4.69) is 32.9 Å². The minimum Gasteiger partial charge on any atom is -0.338 e. The van der Waals surface area contributed by atoms with Gasteiger partial charge in [-0.3, -0.25) is 4.90 Å². The van der Waals surface area contributed by atoms with Gasteiger partial charge in [0.15, 0.2) is 0 Å². The molecule has 3 aliphatic heterocycles. The first-order valence-corrected chi connectivity index (χ1v) is 12.1. The molecular formula is C25H33FN6O. The van der Waals surface area contributed by atoms with Crippen molar-refractivity contribution in [2.45, 2.75) is 37.9 Å². The van der Waals surface area contributed by atoms with Gasteiger partial charge in [-0.05, 0) is 43.5 Å². The second kappa shape index (κ2) is 9.27. The van der Waals surface area contributed by atoms with Crippen molar-refractivity contribution >= 4 is 12.2 Å². The highest BCUT2D eigenvalue weighted by molar-refractivity contribution is 5.74. The van der Waals surface area contributed by atoms with Gasteiger partial charge in [0, 0.05) is 63.7 Å². The van der Waals surface area contributed by atoms with Crippen LogP contribution in [0.1, 0.15) is 43.5 Å². The largest absolute Gasteiger partial charge is 0.338 e. The van der Waals surface area contributed by atoms with Crippen LogP contribution >= 0.6 is 0 Å². The lowest BCUT2D eigenvalue weighted by Crippen LogP contribution is -2.52. The number of alkyl halides is 1. The fourth-order valence-electron chi connectivity index (χ4n) is 5.24. The van der Waals surface area contributed by atoms with Crippen LogP contribution in [0.5, 0.6) is 0 Å². The van der Waals surface area contributed by atoms with E-state index in [0.717, 1.165) is 62.3 Å². The van der Waals surface area contributed by atoms with Crippen molar-refractivity contribution in [1.29, 1.82) is 0 Å². The summed E-state index contributed by atoms with van der Waals surface area (Å²) in [5, 5.41) is 10.6. The number of amides is 2. The standard InChI is InChI=1S/C25H33FN6O/c1-2-28-24(33)31-14-12-30(13-15-31)22-8-11-29-32-17-20(16-23(22)32)19-4-6-21(7-5-19)25(26)9-3-10-27-18-25/h4-7,11,16-17,22,27H,2-3,8-10,12-15,18H2,1H3,(H,28,33)/t22?,25-/m1/s1. The number of halogens is 1. The monoisotopic (exact) mass is 452 g/mol. The SMILES string of the molecule is CCNC(=O)N1CCN(C2CC=Nn3cc(-c4ccc([C@@]5(F)CCCNC5)cc4)cc32)CC1. The quantitative estimate of drug-likeness (QED) is 0.748. The molecule has 2 N–H and O–H groups in total. The van der Waals surface area contributed by atoms with Crippen LogP contribution in [0.3, 0.4) is 0 Å². The second-order valence-corrected chi connectivity index (χ2v) is 9.23. The van der Waals surface area contributed by atoms with Crippen LogP contribution in [-0.2, 0) is 5.67 Å². The van der Waals surface area contributed by atoms with E-state index in [9.17, 15) is 4.79 Å². The van der Waals surface area contributed by atoms with Crippen molar-refractivity contribution in [2.24, 2.45) is 5.10 Å². The zero-order valence-electron chi connectivity index (χ0n) is 19.3. The third-order valence-electron chi connectivity index (χ3n) is 7.14. The predicted octanol–water partition coefficient (Wildman–Crippen LogP) is 3.33. The molecule has 33 heavy (non-hydrogen) atoms. The molecule has 0 saturated carbocycles.